The number of anilines is 1. The average molecular weight is 209 g/mol. The van der Waals surface area contributed by atoms with Crippen LogP contribution >= 0.6 is 0 Å². The van der Waals surface area contributed by atoms with E-state index in [-0.39, 0.29) is 5.75 Å². The van der Waals surface area contributed by atoms with Crippen LogP contribution in [0.5, 0.6) is 5.75 Å². The van der Waals surface area contributed by atoms with Gasteiger partial charge in [0.15, 0.2) is 0 Å². The van der Waals surface area contributed by atoms with Gasteiger partial charge in [-0.3, -0.25) is 0 Å². The Morgan fingerprint density at radius 1 is 1.27 bits per heavy atom. The zero-order valence-corrected chi connectivity index (χ0v) is 8.44. The first-order chi connectivity index (χ1) is 7.12. The van der Waals surface area contributed by atoms with Crippen LogP contribution in [0.4, 0.5) is 5.69 Å². The SMILES string of the molecule is Nc1cc(O)ccc1C1(O)CCOCC1. The zero-order chi connectivity index (χ0) is 10.9. The van der Waals surface area contributed by atoms with Crippen LogP contribution in [-0.2, 0) is 10.3 Å². The third-order valence-corrected chi connectivity index (χ3v) is 2.86. The van der Waals surface area contributed by atoms with Gasteiger partial charge in [-0.05, 0) is 6.07 Å². The second-order valence-corrected chi connectivity index (χ2v) is 3.92. The van der Waals surface area contributed by atoms with Crippen molar-refractivity contribution >= 4 is 5.69 Å². The van der Waals surface area contributed by atoms with E-state index in [1.807, 2.05) is 0 Å². The Hall–Kier alpha value is -1.26. The van der Waals surface area contributed by atoms with Gasteiger partial charge >= 0.3 is 0 Å². The molecule has 1 aromatic rings. The summed E-state index contributed by atoms with van der Waals surface area (Å²) in [6, 6.07) is 4.68. The summed E-state index contributed by atoms with van der Waals surface area (Å²) in [5, 5.41) is 19.6. The predicted octanol–water partition coefficient (Wildman–Crippen LogP) is 0.972. The first-order valence-electron chi connectivity index (χ1n) is 5.01. The number of rotatable bonds is 1. The zero-order valence-electron chi connectivity index (χ0n) is 8.44. The lowest BCUT2D eigenvalue weighted by atomic mass is 9.85. The van der Waals surface area contributed by atoms with Crippen molar-refractivity contribution in [1.29, 1.82) is 0 Å². The number of hydrogen-bond acceptors (Lipinski definition) is 4. The van der Waals surface area contributed by atoms with Crippen LogP contribution in [0.15, 0.2) is 18.2 Å². The second-order valence-electron chi connectivity index (χ2n) is 3.92. The highest BCUT2D eigenvalue weighted by molar-refractivity contribution is 5.53. The first-order valence-corrected chi connectivity index (χ1v) is 5.01. The molecule has 0 aromatic heterocycles. The number of phenolic OH excluding ortho intramolecular Hbond substituents is 1. The Kier molecular flexibility index (Phi) is 2.54. The fourth-order valence-electron chi connectivity index (χ4n) is 1.95. The van der Waals surface area contributed by atoms with Crippen molar-refractivity contribution in [3.05, 3.63) is 23.8 Å². The van der Waals surface area contributed by atoms with Gasteiger partial charge in [0, 0.05) is 43.4 Å². The molecule has 1 aliphatic rings. The van der Waals surface area contributed by atoms with Gasteiger partial charge in [-0.25, -0.2) is 0 Å². The smallest absolute Gasteiger partial charge is 0.117 e. The summed E-state index contributed by atoms with van der Waals surface area (Å²) in [4.78, 5) is 0. The molecule has 1 aliphatic heterocycles. The van der Waals surface area contributed by atoms with Gasteiger partial charge in [-0.2, -0.15) is 0 Å². The molecule has 1 fully saturated rings. The molecule has 4 N–H and O–H groups in total. The summed E-state index contributed by atoms with van der Waals surface area (Å²) < 4.78 is 5.20. The highest BCUT2D eigenvalue weighted by Gasteiger charge is 2.33. The Bertz CT molecular complexity index is 359. The summed E-state index contributed by atoms with van der Waals surface area (Å²) in [6.07, 6.45) is 1.09. The van der Waals surface area contributed by atoms with E-state index >= 15 is 0 Å². The molecule has 0 atom stereocenters. The van der Waals surface area contributed by atoms with Crippen LogP contribution < -0.4 is 5.73 Å². The number of aliphatic hydroxyl groups is 1. The average Bonchev–Trinajstić information content (AvgIpc) is 2.18. The van der Waals surface area contributed by atoms with Crippen LogP contribution in [0.3, 0.4) is 0 Å². The van der Waals surface area contributed by atoms with Crippen LogP contribution in [0.2, 0.25) is 0 Å². The van der Waals surface area contributed by atoms with Gasteiger partial charge in [0.1, 0.15) is 5.75 Å². The van der Waals surface area contributed by atoms with Gasteiger partial charge in [-0.15, -0.1) is 0 Å². The molecule has 0 unspecified atom stereocenters. The van der Waals surface area contributed by atoms with Crippen molar-refractivity contribution in [2.45, 2.75) is 18.4 Å². The number of nitrogen functional groups attached to an aromatic ring is 1. The van der Waals surface area contributed by atoms with Crippen LogP contribution in [-0.4, -0.2) is 23.4 Å². The van der Waals surface area contributed by atoms with Crippen molar-refractivity contribution in [2.24, 2.45) is 0 Å². The van der Waals surface area contributed by atoms with Crippen LogP contribution in [0.25, 0.3) is 0 Å². The Balaban J connectivity index is 2.35. The Labute approximate surface area is 88.3 Å². The topological polar surface area (TPSA) is 75.7 Å². The molecule has 0 spiro atoms. The summed E-state index contributed by atoms with van der Waals surface area (Å²) in [5.41, 5.74) is 5.98. The molecular formula is C11H15NO3. The maximum absolute atomic E-state index is 10.4. The normalized spacial score (nSPS) is 20.1. The maximum atomic E-state index is 10.4. The van der Waals surface area contributed by atoms with Crippen LogP contribution in [0.1, 0.15) is 18.4 Å². The molecule has 4 nitrogen and oxygen atoms in total. The number of phenols is 1. The number of nitrogens with two attached hydrogens (primary N) is 1. The van der Waals surface area contributed by atoms with Crippen molar-refractivity contribution in [1.82, 2.24) is 0 Å². The predicted molar refractivity (Wildman–Crippen MR) is 56.5 cm³/mol. The van der Waals surface area contributed by atoms with Gasteiger partial charge < -0.3 is 20.7 Å². The highest BCUT2D eigenvalue weighted by atomic mass is 16.5. The van der Waals surface area contributed by atoms with E-state index in [0.29, 0.717) is 37.3 Å². The molecule has 0 aliphatic carbocycles. The summed E-state index contributed by atoms with van der Waals surface area (Å²) >= 11 is 0. The minimum absolute atomic E-state index is 0.118. The number of hydrogen-bond donors (Lipinski definition) is 3. The second kappa shape index (κ2) is 3.72. The van der Waals surface area contributed by atoms with Crippen molar-refractivity contribution in [3.8, 4) is 5.75 Å². The molecule has 82 valence electrons. The van der Waals surface area contributed by atoms with E-state index in [9.17, 15) is 10.2 Å². The molecule has 15 heavy (non-hydrogen) atoms. The third-order valence-electron chi connectivity index (χ3n) is 2.86. The standard InChI is InChI=1S/C11H15NO3/c12-10-7-8(13)1-2-9(10)11(14)3-5-15-6-4-11/h1-2,7,13-14H,3-6,12H2. The molecule has 0 bridgehead atoms. The maximum Gasteiger partial charge on any atom is 0.117 e. The number of benzene rings is 1. The van der Waals surface area contributed by atoms with E-state index in [0.717, 1.165) is 0 Å². The van der Waals surface area contributed by atoms with Crippen LogP contribution in [0, 0.1) is 0 Å². The summed E-state index contributed by atoms with van der Waals surface area (Å²) in [5.74, 6) is 0.118. The quantitative estimate of drug-likeness (QED) is 0.602. The van der Waals surface area contributed by atoms with E-state index < -0.39 is 5.60 Å². The lowest BCUT2D eigenvalue weighted by molar-refractivity contribution is -0.0674. The minimum Gasteiger partial charge on any atom is -0.508 e. The van der Waals surface area contributed by atoms with E-state index in [1.54, 1.807) is 12.1 Å². The number of ether oxygens (including phenoxy) is 1. The highest BCUT2D eigenvalue weighted by Crippen LogP contribution is 2.36. The Morgan fingerprint density at radius 3 is 2.53 bits per heavy atom. The molecule has 1 heterocycles. The van der Waals surface area contributed by atoms with Gasteiger partial charge in [0.2, 0.25) is 0 Å². The largest absolute Gasteiger partial charge is 0.508 e. The summed E-state index contributed by atoms with van der Waals surface area (Å²) in [6.45, 7) is 1.08. The van der Waals surface area contributed by atoms with E-state index in [4.69, 9.17) is 10.5 Å². The third kappa shape index (κ3) is 1.91. The fourth-order valence-corrected chi connectivity index (χ4v) is 1.95. The molecule has 1 saturated heterocycles. The lowest BCUT2D eigenvalue weighted by Gasteiger charge is -2.33. The molecule has 0 radical (unpaired) electrons. The minimum atomic E-state index is -0.907. The van der Waals surface area contributed by atoms with Crippen molar-refractivity contribution in [3.63, 3.8) is 0 Å². The van der Waals surface area contributed by atoms with Gasteiger partial charge in [-0.1, -0.05) is 6.07 Å². The van der Waals surface area contributed by atoms with Crippen molar-refractivity contribution < 1.29 is 14.9 Å². The van der Waals surface area contributed by atoms with Gasteiger partial charge in [0.05, 0.1) is 5.60 Å². The van der Waals surface area contributed by atoms with Crippen molar-refractivity contribution in [2.75, 3.05) is 18.9 Å². The fraction of sp³-hybridized carbons (Fsp3) is 0.455. The first kappa shape index (κ1) is 10.3. The molecule has 1 aromatic carbocycles. The monoisotopic (exact) mass is 209 g/mol. The van der Waals surface area contributed by atoms with Gasteiger partial charge in [0.25, 0.3) is 0 Å². The molecule has 0 amide bonds. The molecule has 4 heteroatoms. The molecule has 0 saturated carbocycles. The summed E-state index contributed by atoms with van der Waals surface area (Å²) in [7, 11) is 0. The van der Waals surface area contributed by atoms with E-state index in [2.05, 4.69) is 0 Å². The van der Waals surface area contributed by atoms with E-state index in [1.165, 1.54) is 6.07 Å². The number of aromatic hydroxyl groups is 1. The Morgan fingerprint density at radius 2 is 1.93 bits per heavy atom. The molecular weight excluding hydrogens is 194 g/mol. The lowest BCUT2D eigenvalue weighted by Crippen LogP contribution is -2.34. The molecule has 2 rings (SSSR count).